The number of nitrogens with one attached hydrogen (secondary N) is 1. The second-order valence-corrected chi connectivity index (χ2v) is 6.16. The molecule has 0 saturated heterocycles. The van der Waals surface area contributed by atoms with E-state index in [-0.39, 0.29) is 6.61 Å². The summed E-state index contributed by atoms with van der Waals surface area (Å²) in [6.07, 6.45) is 7.35. The van der Waals surface area contributed by atoms with E-state index in [2.05, 4.69) is 24.4 Å². The van der Waals surface area contributed by atoms with E-state index in [4.69, 9.17) is 10.5 Å². The van der Waals surface area contributed by atoms with Crippen molar-refractivity contribution in [3.8, 4) is 5.75 Å². The van der Waals surface area contributed by atoms with Crippen LogP contribution in [0, 0.1) is 17.8 Å². The molecule has 1 amide bonds. The second-order valence-electron chi connectivity index (χ2n) is 6.16. The molecule has 4 heteroatoms. The highest BCUT2D eigenvalue weighted by Crippen LogP contribution is 2.45. The van der Waals surface area contributed by atoms with Gasteiger partial charge in [-0.05, 0) is 49.7 Å². The molecular weight excluding hydrogens is 264 g/mol. The molecule has 112 valence electrons. The summed E-state index contributed by atoms with van der Waals surface area (Å²) in [6.45, 7) is 2.16. The SMILES string of the molecule is CC(Nc1cccc(OCC(N)=O)c1)C1CC2C=CC1C2. The van der Waals surface area contributed by atoms with Crippen LogP contribution in [-0.2, 0) is 4.79 Å². The number of carbonyl (C=O) groups is 1. The van der Waals surface area contributed by atoms with Crippen molar-refractivity contribution in [2.75, 3.05) is 11.9 Å². The molecule has 4 unspecified atom stereocenters. The molecular formula is C17H22N2O2. The number of allylic oxidation sites excluding steroid dienone is 2. The number of amides is 1. The lowest BCUT2D eigenvalue weighted by Crippen LogP contribution is -2.28. The number of anilines is 1. The van der Waals surface area contributed by atoms with Crippen LogP contribution in [-0.4, -0.2) is 18.6 Å². The number of hydrogen-bond acceptors (Lipinski definition) is 3. The Morgan fingerprint density at radius 2 is 2.29 bits per heavy atom. The van der Waals surface area contributed by atoms with Gasteiger partial charge in [-0.25, -0.2) is 0 Å². The van der Waals surface area contributed by atoms with Gasteiger partial charge in [-0.15, -0.1) is 0 Å². The van der Waals surface area contributed by atoms with Gasteiger partial charge in [0.25, 0.3) is 5.91 Å². The highest BCUT2D eigenvalue weighted by atomic mass is 16.5. The fourth-order valence-electron chi connectivity index (χ4n) is 3.60. The zero-order valence-corrected chi connectivity index (χ0v) is 12.3. The number of benzene rings is 1. The maximum atomic E-state index is 10.8. The lowest BCUT2D eigenvalue weighted by atomic mass is 9.87. The van der Waals surface area contributed by atoms with E-state index >= 15 is 0 Å². The second kappa shape index (κ2) is 5.80. The van der Waals surface area contributed by atoms with Crippen LogP contribution >= 0.6 is 0 Å². The Morgan fingerprint density at radius 1 is 1.43 bits per heavy atom. The van der Waals surface area contributed by atoms with Gasteiger partial charge >= 0.3 is 0 Å². The van der Waals surface area contributed by atoms with Crippen LogP contribution in [0.2, 0.25) is 0 Å². The van der Waals surface area contributed by atoms with Crippen LogP contribution in [0.4, 0.5) is 5.69 Å². The average molecular weight is 286 g/mol. The highest BCUT2D eigenvalue weighted by Gasteiger charge is 2.38. The van der Waals surface area contributed by atoms with E-state index in [1.165, 1.54) is 12.8 Å². The van der Waals surface area contributed by atoms with Gasteiger partial charge < -0.3 is 15.8 Å². The smallest absolute Gasteiger partial charge is 0.255 e. The lowest BCUT2D eigenvalue weighted by molar-refractivity contribution is -0.119. The van der Waals surface area contributed by atoms with Gasteiger partial charge in [0.1, 0.15) is 5.75 Å². The van der Waals surface area contributed by atoms with Gasteiger partial charge in [-0.1, -0.05) is 18.2 Å². The Hall–Kier alpha value is -1.97. The molecule has 1 fully saturated rings. The minimum absolute atomic E-state index is 0.0871. The van der Waals surface area contributed by atoms with Crippen LogP contribution in [0.15, 0.2) is 36.4 Å². The predicted octanol–water partition coefficient (Wildman–Crippen LogP) is 2.56. The van der Waals surface area contributed by atoms with Crippen LogP contribution in [0.3, 0.4) is 0 Å². The van der Waals surface area contributed by atoms with Crippen molar-refractivity contribution in [2.24, 2.45) is 23.5 Å². The molecule has 1 saturated carbocycles. The molecule has 1 aromatic carbocycles. The van der Waals surface area contributed by atoms with Gasteiger partial charge in [0.05, 0.1) is 0 Å². The largest absolute Gasteiger partial charge is 0.484 e. The quantitative estimate of drug-likeness (QED) is 0.790. The molecule has 3 N–H and O–H groups in total. The highest BCUT2D eigenvalue weighted by molar-refractivity contribution is 5.75. The number of ether oxygens (including phenoxy) is 1. The van der Waals surface area contributed by atoms with Gasteiger partial charge in [0.15, 0.2) is 6.61 Å². The van der Waals surface area contributed by atoms with Crippen molar-refractivity contribution in [3.63, 3.8) is 0 Å². The predicted molar refractivity (Wildman–Crippen MR) is 83.1 cm³/mol. The maximum absolute atomic E-state index is 10.8. The third-order valence-corrected chi connectivity index (χ3v) is 4.58. The molecule has 2 aliphatic rings. The molecule has 21 heavy (non-hydrogen) atoms. The van der Waals surface area contributed by atoms with E-state index < -0.39 is 5.91 Å². The van der Waals surface area contributed by atoms with Crippen molar-refractivity contribution in [3.05, 3.63) is 36.4 Å². The molecule has 0 radical (unpaired) electrons. The Kier molecular flexibility index (Phi) is 3.86. The summed E-state index contributed by atoms with van der Waals surface area (Å²) in [5, 5.41) is 3.57. The zero-order chi connectivity index (χ0) is 14.8. The Balaban J connectivity index is 1.60. The molecule has 2 bridgehead atoms. The lowest BCUT2D eigenvalue weighted by Gasteiger charge is -2.27. The first kappa shape index (κ1) is 14.0. The molecule has 4 atom stereocenters. The Morgan fingerprint density at radius 3 is 2.95 bits per heavy atom. The van der Waals surface area contributed by atoms with E-state index in [9.17, 15) is 4.79 Å². The number of carbonyl (C=O) groups excluding carboxylic acids is 1. The summed E-state index contributed by atoms with van der Waals surface area (Å²) in [4.78, 5) is 10.8. The molecule has 0 spiro atoms. The standard InChI is InChI=1S/C17H22N2O2/c1-11(16-8-12-5-6-13(16)7-12)19-14-3-2-4-15(9-14)21-10-17(18)20/h2-6,9,11-13,16,19H,7-8,10H2,1H3,(H2,18,20). The summed E-state index contributed by atoms with van der Waals surface area (Å²) >= 11 is 0. The molecule has 3 rings (SSSR count). The van der Waals surface area contributed by atoms with Crippen LogP contribution in [0.25, 0.3) is 0 Å². The minimum atomic E-state index is -0.463. The Labute approximate surface area is 125 Å². The summed E-state index contributed by atoms with van der Waals surface area (Å²) in [7, 11) is 0. The fourth-order valence-corrected chi connectivity index (χ4v) is 3.60. The monoisotopic (exact) mass is 286 g/mol. The number of fused-ring (bicyclic) bond motifs is 2. The Bertz CT molecular complexity index is 555. The van der Waals surface area contributed by atoms with Crippen molar-refractivity contribution in [1.29, 1.82) is 0 Å². The van der Waals surface area contributed by atoms with E-state index in [1.807, 2.05) is 24.3 Å². The van der Waals surface area contributed by atoms with E-state index in [0.717, 1.165) is 17.5 Å². The topological polar surface area (TPSA) is 64.3 Å². The third-order valence-electron chi connectivity index (χ3n) is 4.58. The number of primary amides is 1. The van der Waals surface area contributed by atoms with Gasteiger partial charge in [-0.2, -0.15) is 0 Å². The van der Waals surface area contributed by atoms with E-state index in [0.29, 0.717) is 17.7 Å². The number of nitrogens with two attached hydrogens (primary N) is 1. The third kappa shape index (κ3) is 3.20. The van der Waals surface area contributed by atoms with Crippen LogP contribution in [0.5, 0.6) is 5.75 Å². The minimum Gasteiger partial charge on any atom is -0.484 e. The molecule has 0 heterocycles. The van der Waals surface area contributed by atoms with E-state index in [1.54, 1.807) is 0 Å². The normalized spacial score (nSPS) is 27.6. The average Bonchev–Trinajstić information content (AvgIpc) is 3.08. The molecule has 4 nitrogen and oxygen atoms in total. The first-order valence-electron chi connectivity index (χ1n) is 7.58. The molecule has 1 aromatic rings. The zero-order valence-electron chi connectivity index (χ0n) is 12.3. The van der Waals surface area contributed by atoms with Crippen molar-refractivity contribution in [2.45, 2.75) is 25.8 Å². The molecule has 2 aliphatic carbocycles. The molecule has 0 aliphatic heterocycles. The summed E-state index contributed by atoms with van der Waals surface area (Å²) in [6, 6.07) is 8.13. The van der Waals surface area contributed by atoms with Crippen LogP contribution < -0.4 is 15.8 Å². The van der Waals surface area contributed by atoms with Crippen molar-refractivity contribution < 1.29 is 9.53 Å². The number of rotatable bonds is 6. The van der Waals surface area contributed by atoms with Gasteiger partial charge in [0, 0.05) is 17.8 Å². The number of hydrogen-bond donors (Lipinski definition) is 2. The summed E-state index contributed by atoms with van der Waals surface area (Å²) in [5.74, 6) is 2.42. The van der Waals surface area contributed by atoms with Crippen molar-refractivity contribution in [1.82, 2.24) is 0 Å². The summed E-state index contributed by atoms with van der Waals surface area (Å²) in [5.41, 5.74) is 6.11. The van der Waals surface area contributed by atoms with Crippen LogP contribution in [0.1, 0.15) is 19.8 Å². The first-order chi connectivity index (χ1) is 10.1. The van der Waals surface area contributed by atoms with Gasteiger partial charge in [0.2, 0.25) is 0 Å². The fraction of sp³-hybridized carbons (Fsp3) is 0.471. The maximum Gasteiger partial charge on any atom is 0.255 e. The van der Waals surface area contributed by atoms with Gasteiger partial charge in [-0.3, -0.25) is 4.79 Å². The first-order valence-corrected chi connectivity index (χ1v) is 7.58. The summed E-state index contributed by atoms with van der Waals surface area (Å²) < 4.78 is 5.34. The van der Waals surface area contributed by atoms with Crippen molar-refractivity contribution >= 4 is 11.6 Å². The molecule has 0 aromatic heterocycles.